The Hall–Kier alpha value is -2.76. The van der Waals surface area contributed by atoms with Crippen LogP contribution in [0.5, 0.6) is 5.75 Å². The molecule has 0 saturated heterocycles. The third kappa shape index (κ3) is 5.49. The fourth-order valence-electron chi connectivity index (χ4n) is 3.74. The summed E-state index contributed by atoms with van der Waals surface area (Å²) >= 11 is 0. The van der Waals surface area contributed by atoms with Crippen molar-refractivity contribution in [1.29, 1.82) is 0 Å². The monoisotopic (exact) mass is 429 g/mol. The first kappa shape index (κ1) is 22.9. The average Bonchev–Trinajstić information content (AvgIpc) is 3.01. The Bertz CT molecular complexity index is 961. The van der Waals surface area contributed by atoms with E-state index in [0.29, 0.717) is 25.1 Å². The lowest BCUT2D eigenvalue weighted by molar-refractivity contribution is -0.120. The van der Waals surface area contributed by atoms with Gasteiger partial charge in [-0.3, -0.25) is 4.79 Å². The molecule has 0 bridgehead atoms. The second-order valence-corrected chi connectivity index (χ2v) is 8.43. The molecular formula is C20H28BN5O5. The predicted molar refractivity (Wildman–Crippen MR) is 114 cm³/mol. The summed E-state index contributed by atoms with van der Waals surface area (Å²) < 4.78 is 7.11. The molecule has 0 aliphatic carbocycles. The highest BCUT2D eigenvalue weighted by Crippen LogP contribution is 2.36. The van der Waals surface area contributed by atoms with Crippen LogP contribution in [0.2, 0.25) is 5.82 Å². The molecule has 10 nitrogen and oxygen atoms in total. The number of fused-ring (bicyclic) bond motifs is 1. The number of Topliss-reactive ketones (excluding diaryl/α,β-unsaturated/α-hetero) is 1. The van der Waals surface area contributed by atoms with Gasteiger partial charge in [-0.15, -0.1) is 5.10 Å². The maximum atomic E-state index is 12.8. The number of aromatic nitrogens is 3. The summed E-state index contributed by atoms with van der Waals surface area (Å²) in [6, 6.07) is 4.82. The van der Waals surface area contributed by atoms with E-state index in [-0.39, 0.29) is 30.1 Å². The van der Waals surface area contributed by atoms with Gasteiger partial charge in [-0.1, -0.05) is 17.3 Å². The Morgan fingerprint density at radius 3 is 2.58 bits per heavy atom. The van der Waals surface area contributed by atoms with Gasteiger partial charge in [0.2, 0.25) is 0 Å². The van der Waals surface area contributed by atoms with Crippen LogP contribution in [0.25, 0.3) is 0 Å². The van der Waals surface area contributed by atoms with Crippen molar-refractivity contribution >= 4 is 18.9 Å². The molecule has 1 aromatic carbocycles. The number of carboxylic acids is 1. The lowest BCUT2D eigenvalue weighted by Crippen LogP contribution is -2.36. The van der Waals surface area contributed by atoms with Crippen molar-refractivity contribution in [2.45, 2.75) is 38.3 Å². The number of carboxylic acid groups (broad SMARTS) is 1. The van der Waals surface area contributed by atoms with Crippen molar-refractivity contribution in [3.8, 4) is 5.75 Å². The first-order chi connectivity index (χ1) is 14.7. The van der Waals surface area contributed by atoms with E-state index in [9.17, 15) is 19.7 Å². The average molecular weight is 429 g/mol. The van der Waals surface area contributed by atoms with Crippen LogP contribution in [0, 0.1) is 0 Å². The van der Waals surface area contributed by atoms with Crippen LogP contribution in [0.15, 0.2) is 18.2 Å². The zero-order chi connectivity index (χ0) is 22.7. The molecule has 0 saturated carbocycles. The van der Waals surface area contributed by atoms with Gasteiger partial charge in [0.1, 0.15) is 18.0 Å². The number of para-hydroxylation sites is 1. The maximum Gasteiger partial charge on any atom is 0.526 e. The Labute approximate surface area is 181 Å². The van der Waals surface area contributed by atoms with Crippen molar-refractivity contribution in [1.82, 2.24) is 24.8 Å². The second-order valence-electron chi connectivity index (χ2n) is 8.43. The normalized spacial score (nSPS) is 15.8. The first-order valence-corrected chi connectivity index (χ1v) is 10.1. The number of hydrogen-bond acceptors (Lipinski definition) is 8. The van der Waals surface area contributed by atoms with Gasteiger partial charge in [0.05, 0.1) is 11.3 Å². The summed E-state index contributed by atoms with van der Waals surface area (Å²) in [5.41, 5.74) is 2.38. The molecule has 3 rings (SSSR count). The minimum atomic E-state index is -1.25. The number of carbonyl (C=O) groups excluding carboxylic acids is 1. The van der Waals surface area contributed by atoms with Gasteiger partial charge < -0.3 is 24.6 Å². The molecule has 2 aromatic rings. The molecule has 0 fully saturated rings. The van der Waals surface area contributed by atoms with Crippen LogP contribution in [0.4, 0.5) is 0 Å². The predicted octanol–water partition coefficient (Wildman–Crippen LogP) is 0.545. The summed E-state index contributed by atoms with van der Waals surface area (Å²) in [5.74, 6) is -1.52. The van der Waals surface area contributed by atoms with E-state index in [2.05, 4.69) is 10.3 Å². The van der Waals surface area contributed by atoms with E-state index < -0.39 is 18.9 Å². The number of hydrogen-bond donors (Lipinski definition) is 2. The minimum absolute atomic E-state index is 0.00527. The van der Waals surface area contributed by atoms with Crippen LogP contribution >= 0.6 is 0 Å². The number of ketones is 1. The molecule has 1 aliphatic heterocycles. The molecule has 1 aliphatic rings. The maximum absolute atomic E-state index is 12.8. The lowest BCUT2D eigenvalue weighted by Gasteiger charge is -2.28. The fourth-order valence-corrected chi connectivity index (χ4v) is 3.74. The van der Waals surface area contributed by atoms with Crippen LogP contribution < -0.4 is 4.65 Å². The Kier molecular flexibility index (Phi) is 7.09. The van der Waals surface area contributed by atoms with Crippen molar-refractivity contribution in [2.24, 2.45) is 0 Å². The highest BCUT2D eigenvalue weighted by atomic mass is 16.5. The summed E-state index contributed by atoms with van der Waals surface area (Å²) in [6.45, 7) is 1.27. The van der Waals surface area contributed by atoms with Gasteiger partial charge in [0, 0.05) is 25.3 Å². The molecule has 0 radical (unpaired) electrons. The zero-order valence-electron chi connectivity index (χ0n) is 18.3. The standard InChI is InChI=1S/C20H28BN5O5/c1-24(2)11-17-18(12-25(3)4)26(23-22-17)10-15(27)9-14-8-13-6-5-7-16(20(28)29)19(13)31-21(14)30/h5-7,14,30H,8-12H2,1-4H3,(H,28,29)/t14-/m1/s1. The number of rotatable bonds is 9. The highest BCUT2D eigenvalue weighted by Gasteiger charge is 2.37. The summed E-state index contributed by atoms with van der Waals surface area (Å²) in [6.07, 6.45) is 0.444. The molecule has 0 spiro atoms. The molecule has 2 heterocycles. The quantitative estimate of drug-likeness (QED) is 0.551. The van der Waals surface area contributed by atoms with Gasteiger partial charge in [-0.2, -0.15) is 0 Å². The molecule has 11 heteroatoms. The number of aromatic carboxylic acids is 1. The molecule has 31 heavy (non-hydrogen) atoms. The minimum Gasteiger partial charge on any atom is -0.535 e. The van der Waals surface area contributed by atoms with Crippen LogP contribution in [0.3, 0.4) is 0 Å². The molecule has 1 atom stereocenters. The van der Waals surface area contributed by atoms with E-state index in [1.807, 2.05) is 38.0 Å². The third-order valence-corrected chi connectivity index (χ3v) is 5.12. The molecule has 0 unspecified atom stereocenters. The van der Waals surface area contributed by atoms with E-state index in [0.717, 1.165) is 11.4 Å². The Balaban J connectivity index is 1.72. The van der Waals surface area contributed by atoms with Crippen LogP contribution in [-0.2, 0) is 30.8 Å². The second kappa shape index (κ2) is 9.59. The van der Waals surface area contributed by atoms with Crippen LogP contribution in [0.1, 0.15) is 33.7 Å². The molecule has 1 aromatic heterocycles. The molecule has 166 valence electrons. The van der Waals surface area contributed by atoms with Crippen molar-refractivity contribution in [3.05, 3.63) is 40.7 Å². The molecule has 0 amide bonds. The lowest BCUT2D eigenvalue weighted by atomic mass is 9.64. The highest BCUT2D eigenvalue weighted by molar-refractivity contribution is 6.47. The molecule has 2 N–H and O–H groups in total. The summed E-state index contributed by atoms with van der Waals surface area (Å²) in [7, 11) is 6.52. The Morgan fingerprint density at radius 1 is 1.23 bits per heavy atom. The van der Waals surface area contributed by atoms with E-state index in [1.54, 1.807) is 16.8 Å². The fraction of sp³-hybridized carbons (Fsp3) is 0.500. The summed E-state index contributed by atoms with van der Waals surface area (Å²) in [5, 5.41) is 28.1. The van der Waals surface area contributed by atoms with E-state index in [4.69, 9.17) is 4.65 Å². The van der Waals surface area contributed by atoms with Gasteiger partial charge in [-0.25, -0.2) is 9.48 Å². The van der Waals surface area contributed by atoms with E-state index in [1.165, 1.54) is 6.07 Å². The van der Waals surface area contributed by atoms with Crippen LogP contribution in [-0.4, -0.2) is 82.0 Å². The van der Waals surface area contributed by atoms with Crippen molar-refractivity contribution in [2.75, 3.05) is 28.2 Å². The zero-order valence-corrected chi connectivity index (χ0v) is 18.3. The molecular weight excluding hydrogens is 401 g/mol. The van der Waals surface area contributed by atoms with Gasteiger partial charge in [0.25, 0.3) is 0 Å². The number of carbonyl (C=O) groups is 2. The topological polar surface area (TPSA) is 121 Å². The Morgan fingerprint density at radius 2 is 1.94 bits per heavy atom. The van der Waals surface area contributed by atoms with E-state index >= 15 is 0 Å². The third-order valence-electron chi connectivity index (χ3n) is 5.12. The van der Waals surface area contributed by atoms with Crippen molar-refractivity contribution < 1.29 is 24.4 Å². The SMILES string of the molecule is CN(C)Cc1nnn(CC(=O)C[C@H]2Cc3cccc(C(=O)O)c3OB2O)c1CN(C)C. The van der Waals surface area contributed by atoms with Gasteiger partial charge in [-0.05, 0) is 46.2 Å². The smallest absolute Gasteiger partial charge is 0.526 e. The largest absolute Gasteiger partial charge is 0.535 e. The first-order valence-electron chi connectivity index (χ1n) is 10.1. The van der Waals surface area contributed by atoms with Gasteiger partial charge >= 0.3 is 13.1 Å². The van der Waals surface area contributed by atoms with Gasteiger partial charge in [0.15, 0.2) is 5.78 Å². The summed E-state index contributed by atoms with van der Waals surface area (Å²) in [4.78, 5) is 28.2. The van der Waals surface area contributed by atoms with Crippen molar-refractivity contribution in [3.63, 3.8) is 0 Å². The number of benzene rings is 1. The number of nitrogens with zero attached hydrogens (tertiary/aromatic N) is 5.